The number of nitrogens with zero attached hydrogens (tertiary/aromatic N) is 2. The first-order chi connectivity index (χ1) is 9.69. The molecule has 1 N–H and O–H groups in total. The zero-order valence-electron chi connectivity index (χ0n) is 11.5. The van der Waals surface area contributed by atoms with Crippen molar-refractivity contribution in [2.45, 2.75) is 20.0 Å². The summed E-state index contributed by atoms with van der Waals surface area (Å²) in [5.74, 6) is -0.992. The van der Waals surface area contributed by atoms with Crippen LogP contribution < -0.4 is 0 Å². The lowest BCUT2D eigenvalue weighted by molar-refractivity contribution is 0.0690. The van der Waals surface area contributed by atoms with Gasteiger partial charge >= 0.3 is 5.97 Å². The van der Waals surface area contributed by atoms with Gasteiger partial charge in [0.15, 0.2) is 0 Å². The Hall–Kier alpha value is -2.20. The van der Waals surface area contributed by atoms with E-state index in [0.717, 1.165) is 25.2 Å². The summed E-state index contributed by atoms with van der Waals surface area (Å²) in [4.78, 5) is 17.0. The van der Waals surface area contributed by atoms with Crippen LogP contribution in [0.3, 0.4) is 0 Å². The number of rotatable bonds is 6. The van der Waals surface area contributed by atoms with E-state index in [9.17, 15) is 4.79 Å². The third-order valence-corrected chi connectivity index (χ3v) is 3.15. The van der Waals surface area contributed by atoms with Gasteiger partial charge in [0.1, 0.15) is 5.69 Å². The average Bonchev–Trinajstić information content (AvgIpc) is 2.48. The fraction of sp³-hybridized carbons (Fsp3) is 0.250. The Morgan fingerprint density at radius 2 is 1.80 bits per heavy atom. The molecular weight excluding hydrogens is 252 g/mol. The minimum Gasteiger partial charge on any atom is -0.477 e. The predicted octanol–water partition coefficient (Wildman–Crippen LogP) is 2.80. The second kappa shape index (κ2) is 6.82. The molecule has 1 heterocycles. The van der Waals surface area contributed by atoms with Crippen LogP contribution in [-0.2, 0) is 13.1 Å². The second-order valence-corrected chi connectivity index (χ2v) is 4.65. The van der Waals surface area contributed by atoms with Crippen molar-refractivity contribution in [2.24, 2.45) is 0 Å². The van der Waals surface area contributed by atoms with Crippen molar-refractivity contribution >= 4 is 5.97 Å². The molecule has 0 aliphatic carbocycles. The summed E-state index contributed by atoms with van der Waals surface area (Å²) in [6.45, 7) is 4.67. The van der Waals surface area contributed by atoms with Gasteiger partial charge in [0, 0.05) is 19.3 Å². The van der Waals surface area contributed by atoms with Gasteiger partial charge in [-0.3, -0.25) is 4.90 Å². The fourth-order valence-electron chi connectivity index (χ4n) is 2.02. The number of carboxylic acid groups (broad SMARTS) is 1. The number of aromatic nitrogens is 1. The SMILES string of the molecule is CCN(Cc1ccccc1)Cc1ccc(C(=O)O)nc1. The topological polar surface area (TPSA) is 53.4 Å². The average molecular weight is 270 g/mol. The van der Waals surface area contributed by atoms with E-state index in [-0.39, 0.29) is 5.69 Å². The molecule has 0 bridgehead atoms. The van der Waals surface area contributed by atoms with Gasteiger partial charge in [-0.15, -0.1) is 0 Å². The summed E-state index contributed by atoms with van der Waals surface area (Å²) in [6, 6.07) is 13.7. The van der Waals surface area contributed by atoms with Gasteiger partial charge in [0.2, 0.25) is 0 Å². The van der Waals surface area contributed by atoms with E-state index < -0.39 is 5.97 Å². The maximum absolute atomic E-state index is 10.8. The van der Waals surface area contributed by atoms with Crippen LogP contribution in [0.2, 0.25) is 0 Å². The standard InChI is InChI=1S/C16H18N2O2/c1-2-18(11-13-6-4-3-5-7-13)12-14-8-9-15(16(19)20)17-10-14/h3-10H,2,11-12H2,1H3,(H,19,20). The lowest BCUT2D eigenvalue weighted by atomic mass is 10.2. The Morgan fingerprint density at radius 1 is 1.10 bits per heavy atom. The highest BCUT2D eigenvalue weighted by Gasteiger charge is 2.07. The first kappa shape index (κ1) is 14.2. The van der Waals surface area contributed by atoms with E-state index in [0.29, 0.717) is 0 Å². The van der Waals surface area contributed by atoms with Crippen LogP contribution in [0.4, 0.5) is 0 Å². The Morgan fingerprint density at radius 3 is 2.35 bits per heavy atom. The zero-order valence-corrected chi connectivity index (χ0v) is 11.5. The highest BCUT2D eigenvalue weighted by atomic mass is 16.4. The summed E-state index contributed by atoms with van der Waals surface area (Å²) < 4.78 is 0. The number of aromatic carboxylic acids is 1. The molecule has 0 unspecified atom stereocenters. The van der Waals surface area contributed by atoms with Crippen molar-refractivity contribution in [1.82, 2.24) is 9.88 Å². The van der Waals surface area contributed by atoms with Crippen molar-refractivity contribution in [1.29, 1.82) is 0 Å². The van der Waals surface area contributed by atoms with Gasteiger partial charge in [-0.05, 0) is 23.7 Å². The van der Waals surface area contributed by atoms with Gasteiger partial charge in [-0.2, -0.15) is 0 Å². The minimum atomic E-state index is -0.992. The van der Waals surface area contributed by atoms with Crippen LogP contribution in [-0.4, -0.2) is 27.5 Å². The highest BCUT2D eigenvalue weighted by molar-refractivity contribution is 5.85. The van der Waals surface area contributed by atoms with Crippen LogP contribution in [0, 0.1) is 0 Å². The van der Waals surface area contributed by atoms with E-state index >= 15 is 0 Å². The molecule has 0 amide bonds. The van der Waals surface area contributed by atoms with E-state index in [1.165, 1.54) is 5.56 Å². The Bertz CT molecular complexity index is 552. The normalized spacial score (nSPS) is 10.7. The first-order valence-corrected chi connectivity index (χ1v) is 6.63. The van der Waals surface area contributed by atoms with E-state index in [1.54, 1.807) is 12.3 Å². The van der Waals surface area contributed by atoms with Crippen LogP contribution in [0.5, 0.6) is 0 Å². The van der Waals surface area contributed by atoms with Crippen molar-refractivity contribution in [3.05, 3.63) is 65.5 Å². The molecule has 1 aromatic carbocycles. The molecule has 0 aliphatic rings. The van der Waals surface area contributed by atoms with Gasteiger partial charge < -0.3 is 5.11 Å². The molecule has 104 valence electrons. The minimum absolute atomic E-state index is 0.0832. The number of carboxylic acids is 1. The van der Waals surface area contributed by atoms with Crippen LogP contribution in [0.15, 0.2) is 48.7 Å². The molecule has 2 aromatic rings. The van der Waals surface area contributed by atoms with Crippen LogP contribution in [0.25, 0.3) is 0 Å². The molecule has 0 aliphatic heterocycles. The maximum Gasteiger partial charge on any atom is 0.354 e. The number of carbonyl (C=O) groups is 1. The highest BCUT2D eigenvalue weighted by Crippen LogP contribution is 2.09. The molecule has 0 radical (unpaired) electrons. The fourth-order valence-corrected chi connectivity index (χ4v) is 2.02. The summed E-state index contributed by atoms with van der Waals surface area (Å²) >= 11 is 0. The Labute approximate surface area is 118 Å². The number of benzene rings is 1. The molecule has 4 nitrogen and oxygen atoms in total. The lowest BCUT2D eigenvalue weighted by Crippen LogP contribution is -2.22. The van der Waals surface area contributed by atoms with Crippen LogP contribution in [0.1, 0.15) is 28.5 Å². The molecule has 0 atom stereocenters. The zero-order chi connectivity index (χ0) is 14.4. The molecule has 0 spiro atoms. The summed E-state index contributed by atoms with van der Waals surface area (Å²) in [5, 5.41) is 8.83. The molecule has 4 heteroatoms. The summed E-state index contributed by atoms with van der Waals surface area (Å²) in [7, 11) is 0. The Balaban J connectivity index is 2.01. The van der Waals surface area contributed by atoms with Crippen molar-refractivity contribution in [3.8, 4) is 0 Å². The van der Waals surface area contributed by atoms with Crippen molar-refractivity contribution in [3.63, 3.8) is 0 Å². The lowest BCUT2D eigenvalue weighted by Gasteiger charge is -2.20. The number of pyridine rings is 1. The largest absolute Gasteiger partial charge is 0.477 e. The van der Waals surface area contributed by atoms with E-state index in [1.807, 2.05) is 24.3 Å². The van der Waals surface area contributed by atoms with Gasteiger partial charge in [-0.1, -0.05) is 43.3 Å². The van der Waals surface area contributed by atoms with E-state index in [4.69, 9.17) is 5.11 Å². The number of hydrogen-bond donors (Lipinski definition) is 1. The van der Waals surface area contributed by atoms with Gasteiger partial charge in [-0.25, -0.2) is 9.78 Å². The maximum atomic E-state index is 10.8. The summed E-state index contributed by atoms with van der Waals surface area (Å²) in [5.41, 5.74) is 2.37. The second-order valence-electron chi connectivity index (χ2n) is 4.65. The quantitative estimate of drug-likeness (QED) is 0.877. The third kappa shape index (κ3) is 3.90. The van der Waals surface area contributed by atoms with Crippen LogP contribution >= 0.6 is 0 Å². The Kier molecular flexibility index (Phi) is 4.85. The third-order valence-electron chi connectivity index (χ3n) is 3.15. The smallest absolute Gasteiger partial charge is 0.354 e. The van der Waals surface area contributed by atoms with Crippen molar-refractivity contribution in [2.75, 3.05) is 6.54 Å². The monoisotopic (exact) mass is 270 g/mol. The van der Waals surface area contributed by atoms with Gasteiger partial charge in [0.05, 0.1) is 0 Å². The number of hydrogen-bond acceptors (Lipinski definition) is 3. The van der Waals surface area contributed by atoms with Crippen molar-refractivity contribution < 1.29 is 9.90 Å². The molecular formula is C16H18N2O2. The molecule has 0 saturated carbocycles. The molecule has 0 saturated heterocycles. The van der Waals surface area contributed by atoms with E-state index in [2.05, 4.69) is 28.9 Å². The molecule has 20 heavy (non-hydrogen) atoms. The first-order valence-electron chi connectivity index (χ1n) is 6.63. The van der Waals surface area contributed by atoms with Gasteiger partial charge in [0.25, 0.3) is 0 Å². The summed E-state index contributed by atoms with van der Waals surface area (Å²) in [6.07, 6.45) is 1.64. The molecule has 2 rings (SSSR count). The predicted molar refractivity (Wildman–Crippen MR) is 77.4 cm³/mol. The molecule has 1 aromatic heterocycles. The molecule has 0 fully saturated rings.